The predicted octanol–water partition coefficient (Wildman–Crippen LogP) is 3.01. The molecule has 1 aliphatic rings. The average Bonchev–Trinajstić information content (AvgIpc) is 3.07. The molecule has 0 spiro atoms. The molecule has 0 radical (unpaired) electrons. The van der Waals surface area contributed by atoms with Crippen molar-refractivity contribution in [3.8, 4) is 0 Å². The van der Waals surface area contributed by atoms with Crippen molar-refractivity contribution in [3.05, 3.63) is 41.3 Å². The summed E-state index contributed by atoms with van der Waals surface area (Å²) >= 11 is 0. The van der Waals surface area contributed by atoms with Crippen LogP contribution in [0.15, 0.2) is 28.9 Å². The minimum atomic E-state index is -4.56. The number of sulfone groups is 1. The number of anilines is 2. The molecule has 194 valence electrons. The normalized spacial score (nSPS) is 18.1. The first kappa shape index (κ1) is 26.9. The average molecular weight is 539 g/mol. The highest BCUT2D eigenvalue weighted by Gasteiger charge is 2.33. The van der Waals surface area contributed by atoms with E-state index in [1.54, 1.807) is 6.92 Å². The van der Waals surface area contributed by atoms with E-state index in [9.17, 15) is 34.8 Å². The Labute approximate surface area is 201 Å². The third-order valence-electron chi connectivity index (χ3n) is 5.65. The van der Waals surface area contributed by atoms with Crippen LogP contribution in [0.25, 0.3) is 0 Å². The van der Waals surface area contributed by atoms with Crippen molar-refractivity contribution in [1.29, 1.82) is 0 Å². The van der Waals surface area contributed by atoms with E-state index in [2.05, 4.69) is 10.3 Å². The molecule has 1 aliphatic heterocycles. The highest BCUT2D eigenvalue weighted by molar-refractivity contribution is 7.92. The molecule has 3 rings (SSSR count). The summed E-state index contributed by atoms with van der Waals surface area (Å²) in [5, 5.41) is 1.90. The Kier molecular flexibility index (Phi) is 7.81. The number of benzene rings is 1. The Morgan fingerprint density at radius 2 is 1.91 bits per heavy atom. The highest BCUT2D eigenvalue weighted by atomic mass is 32.2. The number of nitrogens with one attached hydrogen (secondary N) is 2. The molecular formula is C20H25F3N4O6S2. The van der Waals surface area contributed by atoms with Gasteiger partial charge in [-0.2, -0.15) is 30.9 Å². The fourth-order valence-electron chi connectivity index (χ4n) is 3.59. The smallest absolute Gasteiger partial charge is 0.416 e. The first-order valence-corrected chi connectivity index (χ1v) is 13.8. The fraction of sp³-hybridized carbons (Fsp3) is 0.500. The van der Waals surface area contributed by atoms with Gasteiger partial charge in [0.1, 0.15) is 6.26 Å². The predicted molar refractivity (Wildman–Crippen MR) is 121 cm³/mol. The van der Waals surface area contributed by atoms with Crippen LogP contribution in [0, 0.1) is 6.92 Å². The van der Waals surface area contributed by atoms with Gasteiger partial charge >= 0.3 is 16.4 Å². The largest absolute Gasteiger partial charge is 0.431 e. The van der Waals surface area contributed by atoms with Crippen molar-refractivity contribution in [2.45, 2.75) is 44.5 Å². The number of nitrogens with zero attached hydrogens (tertiary/aromatic N) is 2. The second-order valence-corrected chi connectivity index (χ2v) is 12.3. The molecule has 0 aliphatic carbocycles. The van der Waals surface area contributed by atoms with E-state index >= 15 is 0 Å². The van der Waals surface area contributed by atoms with Crippen LogP contribution in [-0.2, 0) is 26.2 Å². The second-order valence-electron chi connectivity index (χ2n) is 8.03. The molecule has 2 N–H and O–H groups in total. The summed E-state index contributed by atoms with van der Waals surface area (Å²) in [6.07, 6.45) is -2.95. The molecule has 15 heteroatoms. The number of hydrogen-bond acceptors (Lipinski definition) is 8. The topological polar surface area (TPSA) is 139 Å². The van der Waals surface area contributed by atoms with Crippen molar-refractivity contribution in [1.82, 2.24) is 14.0 Å². The molecule has 10 nitrogen and oxygen atoms in total. The van der Waals surface area contributed by atoms with E-state index < -0.39 is 48.6 Å². The lowest BCUT2D eigenvalue weighted by atomic mass is 10.1. The van der Waals surface area contributed by atoms with E-state index in [1.165, 1.54) is 13.0 Å². The number of aryl methyl sites for hydroxylation is 1. The number of carbonyl (C=O) groups excluding carboxylic acids is 1. The van der Waals surface area contributed by atoms with Crippen LogP contribution in [0.4, 0.5) is 24.9 Å². The summed E-state index contributed by atoms with van der Waals surface area (Å²) < 4.78 is 96.5. The molecule has 0 saturated carbocycles. The third kappa shape index (κ3) is 6.52. The van der Waals surface area contributed by atoms with Gasteiger partial charge in [0, 0.05) is 24.5 Å². The molecule has 1 amide bonds. The number of aromatic nitrogens is 1. The molecule has 1 aromatic carbocycles. The van der Waals surface area contributed by atoms with Gasteiger partial charge < -0.3 is 9.73 Å². The third-order valence-corrected chi connectivity index (χ3v) is 9.43. The van der Waals surface area contributed by atoms with E-state index in [4.69, 9.17) is 4.42 Å². The molecule has 1 fully saturated rings. The number of halogens is 3. The first-order valence-electron chi connectivity index (χ1n) is 10.7. The molecular weight excluding hydrogens is 513 g/mol. The Morgan fingerprint density at radius 1 is 1.20 bits per heavy atom. The van der Waals surface area contributed by atoms with Crippen molar-refractivity contribution < 1.29 is 39.2 Å². The minimum Gasteiger partial charge on any atom is -0.431 e. The number of carbonyl (C=O) groups is 1. The summed E-state index contributed by atoms with van der Waals surface area (Å²) in [7, 11) is -7.61. The number of alkyl halides is 3. The maximum Gasteiger partial charge on any atom is 0.416 e. The maximum atomic E-state index is 13.0. The van der Waals surface area contributed by atoms with Gasteiger partial charge in [-0.3, -0.25) is 4.79 Å². The standard InChI is InChI=1S/C20H25F3N4O6S2/c1-3-34(29,30)15-5-4-9-27(10-8-15)35(31,32)26-18(28)17-12-33-19(25-17)24-16-11-14(20(21,22)23)7-6-13(16)2/h6-7,11-12,15H,3-5,8-10H2,1-2H3,(H,24,25)(H,26,28). The van der Waals surface area contributed by atoms with Crippen LogP contribution in [0.3, 0.4) is 0 Å². The van der Waals surface area contributed by atoms with Crippen LogP contribution in [0.5, 0.6) is 0 Å². The van der Waals surface area contributed by atoms with Gasteiger partial charge in [0.2, 0.25) is 0 Å². The van der Waals surface area contributed by atoms with Gasteiger partial charge in [-0.1, -0.05) is 13.0 Å². The summed E-state index contributed by atoms with van der Waals surface area (Å²) in [4.78, 5) is 16.3. The van der Waals surface area contributed by atoms with Crippen LogP contribution in [0.2, 0.25) is 0 Å². The van der Waals surface area contributed by atoms with Gasteiger partial charge in [0.15, 0.2) is 15.5 Å². The lowest BCUT2D eigenvalue weighted by Crippen LogP contribution is -2.44. The quantitative estimate of drug-likeness (QED) is 0.549. The van der Waals surface area contributed by atoms with Crippen LogP contribution in [0.1, 0.15) is 47.8 Å². The van der Waals surface area contributed by atoms with E-state index in [-0.39, 0.29) is 37.0 Å². The van der Waals surface area contributed by atoms with E-state index in [1.807, 2.05) is 4.72 Å². The lowest BCUT2D eigenvalue weighted by Gasteiger charge is -2.20. The zero-order valence-corrected chi connectivity index (χ0v) is 20.6. The number of hydrogen-bond donors (Lipinski definition) is 2. The number of oxazole rings is 1. The molecule has 1 unspecified atom stereocenters. The molecule has 0 bridgehead atoms. The van der Waals surface area contributed by atoms with E-state index in [0.29, 0.717) is 18.4 Å². The van der Waals surface area contributed by atoms with Gasteiger partial charge in [-0.25, -0.2) is 13.1 Å². The monoisotopic (exact) mass is 538 g/mol. The molecule has 1 atom stereocenters. The van der Waals surface area contributed by atoms with Crippen LogP contribution < -0.4 is 10.0 Å². The summed E-state index contributed by atoms with van der Waals surface area (Å²) in [6, 6.07) is 2.72. The Balaban J connectivity index is 1.68. The van der Waals surface area contributed by atoms with Crippen molar-refractivity contribution in [3.63, 3.8) is 0 Å². The summed E-state index contributed by atoms with van der Waals surface area (Å²) in [5.41, 5.74) is -0.814. The van der Waals surface area contributed by atoms with Gasteiger partial charge in [-0.15, -0.1) is 0 Å². The Morgan fingerprint density at radius 3 is 2.57 bits per heavy atom. The van der Waals surface area contributed by atoms with Crippen molar-refractivity contribution in [2.24, 2.45) is 0 Å². The zero-order valence-electron chi connectivity index (χ0n) is 18.9. The molecule has 1 saturated heterocycles. The second kappa shape index (κ2) is 10.1. The van der Waals surface area contributed by atoms with Crippen molar-refractivity contribution >= 4 is 37.7 Å². The van der Waals surface area contributed by atoms with Crippen LogP contribution in [-0.4, -0.2) is 56.1 Å². The highest BCUT2D eigenvalue weighted by Crippen LogP contribution is 2.33. The van der Waals surface area contributed by atoms with Gasteiger partial charge in [0.25, 0.3) is 11.9 Å². The summed E-state index contributed by atoms with van der Waals surface area (Å²) in [5.74, 6) is -1.14. The lowest BCUT2D eigenvalue weighted by molar-refractivity contribution is -0.137. The maximum absolute atomic E-state index is 13.0. The van der Waals surface area contributed by atoms with Gasteiger partial charge in [-0.05, 0) is 43.9 Å². The SMILES string of the molecule is CCS(=O)(=O)C1CCCN(S(=O)(=O)NC(=O)c2coc(Nc3cc(C(F)(F)F)ccc3C)n2)CC1. The molecule has 2 heterocycles. The van der Waals surface area contributed by atoms with Crippen LogP contribution >= 0.6 is 0 Å². The van der Waals surface area contributed by atoms with Gasteiger partial charge in [0.05, 0.1) is 10.8 Å². The molecule has 35 heavy (non-hydrogen) atoms. The first-order chi connectivity index (χ1) is 16.2. The number of amides is 1. The Bertz CT molecular complexity index is 1290. The minimum absolute atomic E-state index is 0.0380. The zero-order chi connectivity index (χ0) is 26.0. The number of rotatable bonds is 7. The summed E-state index contributed by atoms with van der Waals surface area (Å²) in [6.45, 7) is 3.05. The molecule has 2 aromatic rings. The fourth-order valence-corrected chi connectivity index (χ4v) is 6.24. The Hall–Kier alpha value is -2.65. The van der Waals surface area contributed by atoms with E-state index in [0.717, 1.165) is 22.7 Å². The van der Waals surface area contributed by atoms with Crippen molar-refractivity contribution in [2.75, 3.05) is 24.2 Å². The molecule has 1 aromatic heterocycles.